The molecule has 2 N–H and O–H groups in total. The molecule has 0 bridgehead atoms. The van der Waals surface area contributed by atoms with E-state index in [0.717, 1.165) is 4.57 Å². The van der Waals surface area contributed by atoms with Crippen molar-refractivity contribution in [3.63, 3.8) is 0 Å². The maximum absolute atomic E-state index is 11.9. The van der Waals surface area contributed by atoms with Crippen molar-refractivity contribution in [1.29, 1.82) is 5.26 Å². The molecule has 6 heteroatoms. The first-order chi connectivity index (χ1) is 9.04. The van der Waals surface area contributed by atoms with E-state index in [1.165, 1.54) is 17.8 Å². The van der Waals surface area contributed by atoms with E-state index in [9.17, 15) is 9.59 Å². The third-order valence-electron chi connectivity index (χ3n) is 2.82. The summed E-state index contributed by atoms with van der Waals surface area (Å²) in [5.74, 6) is 0. The van der Waals surface area contributed by atoms with Crippen LogP contribution in [0.4, 0.5) is 5.69 Å². The first-order valence-corrected chi connectivity index (χ1v) is 5.58. The minimum atomic E-state index is -0.546. The molecule has 0 saturated heterocycles. The smallest absolute Gasteiger partial charge is 0.331 e. The molecule has 0 fully saturated rings. The van der Waals surface area contributed by atoms with Gasteiger partial charge in [0.2, 0.25) is 0 Å². The van der Waals surface area contributed by atoms with Crippen molar-refractivity contribution in [2.75, 3.05) is 5.73 Å². The lowest BCUT2D eigenvalue weighted by atomic mass is 10.1. The molecule has 0 unspecified atom stereocenters. The lowest BCUT2D eigenvalue weighted by molar-refractivity contribution is 0.642. The molecule has 1 heterocycles. The van der Waals surface area contributed by atoms with E-state index in [1.807, 2.05) is 6.07 Å². The van der Waals surface area contributed by atoms with Gasteiger partial charge in [0, 0.05) is 13.2 Å². The van der Waals surface area contributed by atoms with E-state index >= 15 is 0 Å². The van der Waals surface area contributed by atoms with Gasteiger partial charge in [-0.3, -0.25) is 9.36 Å². The second-order valence-corrected chi connectivity index (χ2v) is 4.14. The van der Waals surface area contributed by atoms with Crippen molar-refractivity contribution in [3.05, 3.63) is 62.4 Å². The van der Waals surface area contributed by atoms with E-state index in [4.69, 9.17) is 11.0 Å². The SMILES string of the molecule is Cn1cc(N)c(=O)n(Cc2ccccc2C#N)c1=O. The molecule has 0 radical (unpaired) electrons. The van der Waals surface area contributed by atoms with Gasteiger partial charge in [0.05, 0.1) is 18.2 Å². The van der Waals surface area contributed by atoms with Crippen molar-refractivity contribution >= 4 is 5.69 Å². The molecular weight excluding hydrogens is 244 g/mol. The van der Waals surface area contributed by atoms with E-state index in [0.29, 0.717) is 11.1 Å². The van der Waals surface area contributed by atoms with Crippen LogP contribution in [-0.2, 0) is 13.6 Å². The molecule has 0 amide bonds. The number of aryl methyl sites for hydroxylation is 1. The average molecular weight is 256 g/mol. The Balaban J connectivity index is 2.60. The van der Waals surface area contributed by atoms with Crippen molar-refractivity contribution in [1.82, 2.24) is 9.13 Å². The van der Waals surface area contributed by atoms with Gasteiger partial charge < -0.3 is 10.3 Å². The number of aromatic nitrogens is 2. The van der Waals surface area contributed by atoms with Gasteiger partial charge in [-0.25, -0.2) is 4.79 Å². The Morgan fingerprint density at radius 2 is 2.00 bits per heavy atom. The first kappa shape index (κ1) is 12.6. The summed E-state index contributed by atoms with van der Waals surface area (Å²) in [5, 5.41) is 9.00. The summed E-state index contributed by atoms with van der Waals surface area (Å²) >= 11 is 0. The Morgan fingerprint density at radius 1 is 1.32 bits per heavy atom. The van der Waals surface area contributed by atoms with Crippen molar-refractivity contribution in [2.24, 2.45) is 7.05 Å². The van der Waals surface area contributed by atoms with Crippen molar-refractivity contribution in [2.45, 2.75) is 6.54 Å². The second kappa shape index (κ2) is 4.82. The van der Waals surface area contributed by atoms with Crippen LogP contribution >= 0.6 is 0 Å². The van der Waals surface area contributed by atoms with Crippen molar-refractivity contribution < 1.29 is 0 Å². The molecule has 1 aromatic carbocycles. The van der Waals surface area contributed by atoms with Gasteiger partial charge in [0.1, 0.15) is 5.69 Å². The molecule has 0 saturated carbocycles. The number of anilines is 1. The van der Waals surface area contributed by atoms with Crippen LogP contribution in [0.5, 0.6) is 0 Å². The zero-order valence-corrected chi connectivity index (χ0v) is 10.3. The lowest BCUT2D eigenvalue weighted by Gasteiger charge is -2.09. The fraction of sp³-hybridized carbons (Fsp3) is 0.154. The van der Waals surface area contributed by atoms with Crippen LogP contribution in [0.1, 0.15) is 11.1 Å². The zero-order valence-electron chi connectivity index (χ0n) is 10.3. The third-order valence-corrected chi connectivity index (χ3v) is 2.82. The molecule has 0 aliphatic carbocycles. The number of hydrogen-bond acceptors (Lipinski definition) is 4. The predicted molar refractivity (Wildman–Crippen MR) is 70.6 cm³/mol. The van der Waals surface area contributed by atoms with Crippen LogP contribution in [-0.4, -0.2) is 9.13 Å². The molecule has 2 aromatic rings. The van der Waals surface area contributed by atoms with E-state index < -0.39 is 11.2 Å². The Morgan fingerprint density at radius 3 is 2.68 bits per heavy atom. The van der Waals surface area contributed by atoms with Crippen LogP contribution < -0.4 is 17.0 Å². The molecule has 2 rings (SSSR count). The molecule has 96 valence electrons. The van der Waals surface area contributed by atoms with Crippen LogP contribution in [0.3, 0.4) is 0 Å². The van der Waals surface area contributed by atoms with Gasteiger partial charge in [0.15, 0.2) is 0 Å². The van der Waals surface area contributed by atoms with Crippen LogP contribution in [0.25, 0.3) is 0 Å². The van der Waals surface area contributed by atoms with Gasteiger partial charge in [-0.15, -0.1) is 0 Å². The zero-order chi connectivity index (χ0) is 14.0. The minimum absolute atomic E-state index is 0.00320. The normalized spacial score (nSPS) is 10.1. The van der Waals surface area contributed by atoms with Crippen molar-refractivity contribution in [3.8, 4) is 6.07 Å². The standard InChI is InChI=1S/C13H12N4O2/c1-16-8-11(15)12(18)17(13(16)19)7-10-5-3-2-4-9(10)6-14/h2-5,8H,7,15H2,1H3. The minimum Gasteiger partial charge on any atom is -0.393 e. The quantitative estimate of drug-likeness (QED) is 0.821. The summed E-state index contributed by atoms with van der Waals surface area (Å²) in [7, 11) is 1.52. The monoisotopic (exact) mass is 256 g/mol. The summed E-state index contributed by atoms with van der Waals surface area (Å²) in [6.45, 7) is 0.0281. The van der Waals surface area contributed by atoms with Crippen LogP contribution in [0.2, 0.25) is 0 Å². The van der Waals surface area contributed by atoms with E-state index in [2.05, 4.69) is 0 Å². The molecular formula is C13H12N4O2. The van der Waals surface area contributed by atoms with Gasteiger partial charge in [-0.2, -0.15) is 5.26 Å². The highest BCUT2D eigenvalue weighted by molar-refractivity contribution is 5.38. The Kier molecular flexibility index (Phi) is 3.21. The fourth-order valence-electron chi connectivity index (χ4n) is 1.83. The average Bonchev–Trinajstić information content (AvgIpc) is 2.42. The third kappa shape index (κ3) is 2.26. The second-order valence-electron chi connectivity index (χ2n) is 4.14. The van der Waals surface area contributed by atoms with E-state index in [-0.39, 0.29) is 12.2 Å². The molecule has 0 aliphatic rings. The van der Waals surface area contributed by atoms with Crippen LogP contribution in [0.15, 0.2) is 40.1 Å². The number of hydrogen-bond donors (Lipinski definition) is 1. The lowest BCUT2D eigenvalue weighted by Crippen LogP contribution is -2.40. The number of rotatable bonds is 2. The maximum atomic E-state index is 11.9. The Labute approximate surface area is 108 Å². The number of nitrogen functional groups attached to an aromatic ring is 1. The summed E-state index contributed by atoms with van der Waals surface area (Å²) < 4.78 is 2.26. The van der Waals surface area contributed by atoms with Gasteiger partial charge in [0.25, 0.3) is 5.56 Å². The van der Waals surface area contributed by atoms with E-state index in [1.54, 1.807) is 24.3 Å². The largest absolute Gasteiger partial charge is 0.393 e. The molecule has 0 spiro atoms. The van der Waals surface area contributed by atoms with Gasteiger partial charge >= 0.3 is 5.69 Å². The number of nitrogens with zero attached hydrogens (tertiary/aromatic N) is 3. The number of nitrogens with two attached hydrogens (primary N) is 1. The highest BCUT2D eigenvalue weighted by Crippen LogP contribution is 2.07. The summed E-state index contributed by atoms with van der Waals surface area (Å²) in [6.07, 6.45) is 1.29. The summed E-state index contributed by atoms with van der Waals surface area (Å²) in [6, 6.07) is 8.84. The fourth-order valence-corrected chi connectivity index (χ4v) is 1.83. The van der Waals surface area contributed by atoms with Gasteiger partial charge in [-0.05, 0) is 11.6 Å². The molecule has 1 aromatic heterocycles. The Bertz CT molecular complexity index is 746. The molecule has 0 atom stereocenters. The highest BCUT2D eigenvalue weighted by Gasteiger charge is 2.10. The maximum Gasteiger partial charge on any atom is 0.331 e. The first-order valence-electron chi connectivity index (χ1n) is 5.58. The molecule has 6 nitrogen and oxygen atoms in total. The number of nitriles is 1. The number of benzene rings is 1. The topological polar surface area (TPSA) is 93.8 Å². The Hall–Kier alpha value is -2.81. The van der Waals surface area contributed by atoms with Gasteiger partial charge in [-0.1, -0.05) is 18.2 Å². The molecule has 19 heavy (non-hydrogen) atoms. The summed E-state index contributed by atoms with van der Waals surface area (Å²) in [4.78, 5) is 23.8. The summed E-state index contributed by atoms with van der Waals surface area (Å²) in [5.41, 5.74) is 5.58. The molecule has 0 aliphatic heterocycles. The predicted octanol–water partition coefficient (Wildman–Crippen LogP) is 0.0492. The van der Waals surface area contributed by atoms with Crippen LogP contribution in [0, 0.1) is 11.3 Å². The highest BCUT2D eigenvalue weighted by atomic mass is 16.2.